The third kappa shape index (κ3) is 2.74. The second-order valence-corrected chi connectivity index (χ2v) is 6.76. The number of fused-ring (bicyclic) bond motifs is 1. The smallest absolute Gasteiger partial charge is 0.224 e. The first-order valence-electron chi connectivity index (χ1n) is 7.65. The quantitative estimate of drug-likeness (QED) is 0.788. The normalized spacial score (nSPS) is 11.2. The van der Waals surface area contributed by atoms with Crippen molar-refractivity contribution in [1.82, 2.24) is 14.8 Å². The summed E-state index contributed by atoms with van der Waals surface area (Å²) in [4.78, 5) is 16.5. The molecule has 0 unspecified atom stereocenters. The molecule has 1 aromatic carbocycles. The van der Waals surface area contributed by atoms with Crippen molar-refractivity contribution in [3.63, 3.8) is 0 Å². The second kappa shape index (κ2) is 5.77. The van der Waals surface area contributed by atoms with E-state index in [2.05, 4.69) is 10.4 Å². The molecular weight excluding hydrogens is 308 g/mol. The van der Waals surface area contributed by atoms with Crippen molar-refractivity contribution in [2.45, 2.75) is 41.0 Å². The number of carbonyl (C=O) groups is 1. The molecule has 6 heteroatoms. The monoisotopic (exact) mass is 328 g/mol. The maximum Gasteiger partial charge on any atom is 0.224 e. The molecule has 0 atom stereocenters. The lowest BCUT2D eigenvalue weighted by atomic mass is 10.1. The van der Waals surface area contributed by atoms with E-state index in [9.17, 15) is 4.79 Å². The van der Waals surface area contributed by atoms with Crippen LogP contribution in [0.1, 0.15) is 35.9 Å². The van der Waals surface area contributed by atoms with Crippen molar-refractivity contribution in [3.8, 4) is 5.13 Å². The molecule has 0 saturated carbocycles. The third-order valence-corrected chi connectivity index (χ3v) is 5.05. The standard InChI is InChI=1S/C17H20N4OS/c1-6-14(22)19-15-9(2)7-13-16(12(15)5)23-17(18-13)21-11(4)8-10(3)20-21/h7-8H,6H2,1-5H3,(H,19,22). The van der Waals surface area contributed by atoms with Crippen LogP contribution in [0.25, 0.3) is 15.3 Å². The van der Waals surface area contributed by atoms with Gasteiger partial charge in [-0.05, 0) is 51.0 Å². The Balaban J connectivity index is 2.15. The molecule has 1 N–H and O–H groups in total. The summed E-state index contributed by atoms with van der Waals surface area (Å²) >= 11 is 1.60. The van der Waals surface area contributed by atoms with E-state index in [0.29, 0.717) is 6.42 Å². The minimum atomic E-state index is 0.0267. The van der Waals surface area contributed by atoms with Crippen LogP contribution >= 0.6 is 11.3 Å². The predicted octanol–water partition coefficient (Wildman–Crippen LogP) is 4.06. The topological polar surface area (TPSA) is 59.8 Å². The highest BCUT2D eigenvalue weighted by Crippen LogP contribution is 2.34. The molecule has 0 aliphatic rings. The molecule has 0 bridgehead atoms. The van der Waals surface area contributed by atoms with Crippen LogP contribution in [-0.2, 0) is 4.79 Å². The number of hydrogen-bond donors (Lipinski definition) is 1. The van der Waals surface area contributed by atoms with Crippen LogP contribution in [0, 0.1) is 27.7 Å². The highest BCUT2D eigenvalue weighted by Gasteiger charge is 2.16. The molecule has 2 aromatic heterocycles. The van der Waals surface area contributed by atoms with Crippen LogP contribution in [0.2, 0.25) is 0 Å². The molecule has 0 aliphatic heterocycles. The summed E-state index contributed by atoms with van der Waals surface area (Å²) < 4.78 is 2.96. The van der Waals surface area contributed by atoms with Crippen molar-refractivity contribution < 1.29 is 4.79 Å². The van der Waals surface area contributed by atoms with Crippen LogP contribution in [0.15, 0.2) is 12.1 Å². The van der Waals surface area contributed by atoms with Crippen LogP contribution in [-0.4, -0.2) is 20.7 Å². The van der Waals surface area contributed by atoms with Gasteiger partial charge in [-0.1, -0.05) is 18.3 Å². The fourth-order valence-corrected chi connectivity index (χ4v) is 3.77. The molecule has 0 spiro atoms. The third-order valence-electron chi connectivity index (χ3n) is 3.88. The van der Waals surface area contributed by atoms with Crippen molar-refractivity contribution in [1.29, 1.82) is 0 Å². The number of anilines is 1. The molecule has 23 heavy (non-hydrogen) atoms. The van der Waals surface area contributed by atoms with Gasteiger partial charge in [-0.15, -0.1) is 0 Å². The van der Waals surface area contributed by atoms with Gasteiger partial charge in [-0.2, -0.15) is 5.10 Å². The van der Waals surface area contributed by atoms with Crippen molar-refractivity contribution in [2.24, 2.45) is 0 Å². The van der Waals surface area contributed by atoms with Crippen LogP contribution in [0.4, 0.5) is 5.69 Å². The Kier molecular flexibility index (Phi) is 3.93. The summed E-state index contributed by atoms with van der Waals surface area (Å²) in [6.07, 6.45) is 0.469. The van der Waals surface area contributed by atoms with Crippen molar-refractivity contribution in [2.75, 3.05) is 5.32 Å². The summed E-state index contributed by atoms with van der Waals surface area (Å²) in [7, 11) is 0. The average Bonchev–Trinajstić information content (AvgIpc) is 3.06. The van der Waals surface area contributed by atoms with Gasteiger partial charge in [0.1, 0.15) is 0 Å². The second-order valence-electron chi connectivity index (χ2n) is 5.78. The first-order valence-corrected chi connectivity index (χ1v) is 8.46. The molecular formula is C17H20N4OS. The Morgan fingerprint density at radius 2 is 2.00 bits per heavy atom. The number of aromatic nitrogens is 3. The number of carbonyl (C=O) groups excluding carboxylic acids is 1. The van der Waals surface area contributed by atoms with Crippen molar-refractivity contribution in [3.05, 3.63) is 34.6 Å². The first-order chi connectivity index (χ1) is 10.9. The van der Waals surface area contributed by atoms with Gasteiger partial charge in [0, 0.05) is 17.8 Å². The van der Waals surface area contributed by atoms with E-state index >= 15 is 0 Å². The van der Waals surface area contributed by atoms with Gasteiger partial charge in [0.05, 0.1) is 15.9 Å². The molecule has 0 aliphatic carbocycles. The number of nitrogens with one attached hydrogen (secondary N) is 1. The zero-order chi connectivity index (χ0) is 16.7. The van der Waals surface area contributed by atoms with Gasteiger partial charge in [0.25, 0.3) is 0 Å². The van der Waals surface area contributed by atoms with E-state index in [-0.39, 0.29) is 5.91 Å². The minimum Gasteiger partial charge on any atom is -0.326 e. The molecule has 0 radical (unpaired) electrons. The van der Waals surface area contributed by atoms with E-state index in [1.54, 1.807) is 11.3 Å². The minimum absolute atomic E-state index is 0.0267. The zero-order valence-corrected chi connectivity index (χ0v) is 14.8. The van der Waals surface area contributed by atoms with Gasteiger partial charge in [-0.3, -0.25) is 4.79 Å². The van der Waals surface area contributed by atoms with Crippen molar-refractivity contribution >= 4 is 33.1 Å². The molecule has 0 saturated heterocycles. The Hall–Kier alpha value is -2.21. The summed E-state index contributed by atoms with van der Waals surface area (Å²) in [5.74, 6) is 0.0267. The Morgan fingerprint density at radius 3 is 2.61 bits per heavy atom. The molecule has 1 amide bonds. The Morgan fingerprint density at radius 1 is 1.26 bits per heavy atom. The van der Waals surface area contributed by atoms with Gasteiger partial charge in [-0.25, -0.2) is 9.67 Å². The lowest BCUT2D eigenvalue weighted by Gasteiger charge is -2.11. The maximum absolute atomic E-state index is 11.8. The van der Waals surface area contributed by atoms with Crippen LogP contribution in [0.5, 0.6) is 0 Å². The fourth-order valence-electron chi connectivity index (χ4n) is 2.71. The van der Waals surface area contributed by atoms with Gasteiger partial charge in [0.2, 0.25) is 11.0 Å². The van der Waals surface area contributed by atoms with E-state index in [1.807, 2.05) is 51.4 Å². The number of hydrogen-bond acceptors (Lipinski definition) is 4. The first kappa shape index (κ1) is 15.7. The van der Waals surface area contributed by atoms with Gasteiger partial charge < -0.3 is 5.32 Å². The van der Waals surface area contributed by atoms with Crippen LogP contribution < -0.4 is 5.32 Å². The summed E-state index contributed by atoms with van der Waals surface area (Å²) in [5.41, 5.74) is 5.98. The summed E-state index contributed by atoms with van der Waals surface area (Å²) in [6.45, 7) is 9.89. The molecule has 3 rings (SSSR count). The Bertz CT molecular complexity index is 907. The number of aryl methyl sites for hydroxylation is 4. The number of benzene rings is 1. The number of thiazole rings is 1. The zero-order valence-electron chi connectivity index (χ0n) is 14.0. The summed E-state index contributed by atoms with van der Waals surface area (Å²) in [6, 6.07) is 4.07. The summed E-state index contributed by atoms with van der Waals surface area (Å²) in [5, 5.41) is 8.36. The highest BCUT2D eigenvalue weighted by molar-refractivity contribution is 7.21. The average molecular weight is 328 g/mol. The number of rotatable bonds is 3. The van der Waals surface area contributed by atoms with E-state index in [0.717, 1.165) is 43.6 Å². The molecule has 120 valence electrons. The van der Waals surface area contributed by atoms with Gasteiger partial charge in [0.15, 0.2) is 0 Å². The van der Waals surface area contributed by atoms with E-state index in [4.69, 9.17) is 4.98 Å². The number of amides is 1. The lowest BCUT2D eigenvalue weighted by Crippen LogP contribution is -2.11. The molecule has 0 fully saturated rings. The molecule has 3 aromatic rings. The predicted molar refractivity (Wildman–Crippen MR) is 94.6 cm³/mol. The maximum atomic E-state index is 11.8. The largest absolute Gasteiger partial charge is 0.326 e. The number of nitrogens with zero attached hydrogens (tertiary/aromatic N) is 3. The van der Waals surface area contributed by atoms with Gasteiger partial charge >= 0.3 is 0 Å². The molecule has 5 nitrogen and oxygen atoms in total. The molecule has 2 heterocycles. The Labute approximate surface area is 139 Å². The SMILES string of the molecule is CCC(=O)Nc1c(C)cc2nc(-n3nc(C)cc3C)sc2c1C. The van der Waals surface area contributed by atoms with E-state index < -0.39 is 0 Å². The lowest BCUT2D eigenvalue weighted by molar-refractivity contribution is -0.115. The van der Waals surface area contributed by atoms with E-state index in [1.165, 1.54) is 0 Å². The fraction of sp³-hybridized carbons (Fsp3) is 0.353. The van der Waals surface area contributed by atoms with Crippen LogP contribution in [0.3, 0.4) is 0 Å². The highest BCUT2D eigenvalue weighted by atomic mass is 32.1.